The van der Waals surface area contributed by atoms with Gasteiger partial charge in [-0.2, -0.15) is 0 Å². The third-order valence-corrected chi connectivity index (χ3v) is 10.2. The summed E-state index contributed by atoms with van der Waals surface area (Å²) in [5, 5.41) is 20.4. The third-order valence-electron chi connectivity index (χ3n) is 10.2. The summed E-state index contributed by atoms with van der Waals surface area (Å²) in [5.41, 5.74) is 0.645. The number of allylic oxidation sites excluding steroid dienone is 5. The van der Waals surface area contributed by atoms with Gasteiger partial charge in [-0.15, -0.1) is 0 Å². The van der Waals surface area contributed by atoms with Crippen molar-refractivity contribution < 1.29 is 15.0 Å². The Morgan fingerprint density at radius 2 is 1.90 bits per heavy atom. The fourth-order valence-corrected chi connectivity index (χ4v) is 7.98. The van der Waals surface area contributed by atoms with Gasteiger partial charge in [0.1, 0.15) is 5.60 Å². The van der Waals surface area contributed by atoms with Crippen LogP contribution >= 0.6 is 0 Å². The van der Waals surface area contributed by atoms with Crippen molar-refractivity contribution in [1.82, 2.24) is 0 Å². The predicted octanol–water partition coefficient (Wildman–Crippen LogP) is 5.48. The number of ketones is 1. The zero-order valence-electron chi connectivity index (χ0n) is 20.1. The maximum absolute atomic E-state index is 12.0. The highest BCUT2D eigenvalue weighted by Gasteiger charge is 2.58. The van der Waals surface area contributed by atoms with Gasteiger partial charge in [-0.3, -0.25) is 4.79 Å². The second kappa shape index (κ2) is 7.99. The molecule has 4 rings (SSSR count). The minimum atomic E-state index is -1.13. The molecule has 0 aromatic heterocycles. The fourth-order valence-electron chi connectivity index (χ4n) is 7.98. The smallest absolute Gasteiger partial charge is 0.178 e. The highest BCUT2D eigenvalue weighted by Crippen LogP contribution is 2.67. The third kappa shape index (κ3) is 3.60. The summed E-state index contributed by atoms with van der Waals surface area (Å²) in [6, 6.07) is 0. The van der Waals surface area contributed by atoms with Crippen LogP contribution in [0.4, 0.5) is 0 Å². The summed E-state index contributed by atoms with van der Waals surface area (Å²) >= 11 is 0. The van der Waals surface area contributed by atoms with E-state index in [0.29, 0.717) is 23.2 Å². The van der Waals surface area contributed by atoms with Crippen LogP contribution in [0.5, 0.6) is 0 Å². The quantitative estimate of drug-likeness (QED) is 0.572. The normalized spacial score (nSPS) is 42.7. The summed E-state index contributed by atoms with van der Waals surface area (Å²) in [6.07, 6.45) is 17.3. The van der Waals surface area contributed by atoms with Crippen molar-refractivity contribution in [3.8, 4) is 0 Å². The lowest BCUT2D eigenvalue weighted by Gasteiger charge is -2.57. The average Bonchev–Trinajstić information content (AvgIpc) is 3.09. The van der Waals surface area contributed by atoms with Crippen LogP contribution in [0.15, 0.2) is 36.0 Å². The molecule has 2 N–H and O–H groups in total. The number of rotatable bonds is 5. The Balaban J connectivity index is 1.54. The van der Waals surface area contributed by atoms with E-state index in [4.69, 9.17) is 0 Å². The van der Waals surface area contributed by atoms with Gasteiger partial charge in [0.15, 0.2) is 5.78 Å². The van der Waals surface area contributed by atoms with Gasteiger partial charge < -0.3 is 10.2 Å². The molecule has 4 aliphatic carbocycles. The van der Waals surface area contributed by atoms with Crippen LogP contribution in [0.3, 0.4) is 0 Å². The number of hydrogen-bond acceptors (Lipinski definition) is 3. The molecule has 4 aliphatic rings. The molecular weight excluding hydrogens is 384 g/mol. The standard InChI is InChI=1S/C28H42O3/c1-18(2)28(31,17-29)15-10-19(3)23-8-9-24-22-7-6-20-16-21(30)11-13-26(20,4)25(22)12-14-27(23,24)5/h10-11,13,15-16,18-19,22-25,29,31H,6-9,12,14,17H2,1-5H3/t19-,22+,23-,24+,25+,26+,27-,28-/m1/s1. The lowest BCUT2D eigenvalue weighted by molar-refractivity contribution is -0.111. The molecule has 31 heavy (non-hydrogen) atoms. The van der Waals surface area contributed by atoms with Crippen molar-refractivity contribution in [2.45, 2.75) is 78.7 Å². The first kappa shape index (κ1) is 23.0. The number of aliphatic hydroxyl groups excluding tert-OH is 1. The van der Waals surface area contributed by atoms with Crippen LogP contribution in [0.2, 0.25) is 0 Å². The number of aliphatic hydroxyl groups is 2. The fraction of sp³-hybridized carbons (Fsp3) is 0.750. The number of hydrogen-bond donors (Lipinski definition) is 2. The molecule has 0 aromatic rings. The maximum atomic E-state index is 12.0. The SMILES string of the molecule is CC(C)[C@@](O)(C=C[C@@H](C)[C@H]1CC[C@H]2[C@@H]3CCC4=CC(=O)C=C[C@]4(C)[C@H]3CC[C@]12C)CO. The molecular formula is C28H42O3. The first-order valence-corrected chi connectivity index (χ1v) is 12.5. The van der Waals surface area contributed by atoms with Crippen molar-refractivity contribution >= 4 is 5.78 Å². The van der Waals surface area contributed by atoms with Gasteiger partial charge in [-0.1, -0.05) is 58.4 Å². The van der Waals surface area contributed by atoms with E-state index in [1.807, 2.05) is 26.0 Å². The molecule has 3 heteroatoms. The van der Waals surface area contributed by atoms with Gasteiger partial charge in [0.25, 0.3) is 0 Å². The lowest BCUT2D eigenvalue weighted by Crippen LogP contribution is -2.50. The molecule has 8 atom stereocenters. The molecule has 0 unspecified atom stereocenters. The van der Waals surface area contributed by atoms with Crippen molar-refractivity contribution in [2.75, 3.05) is 6.61 Å². The summed E-state index contributed by atoms with van der Waals surface area (Å²) in [6.45, 7) is 10.9. The minimum absolute atomic E-state index is 0.0102. The number of carbonyl (C=O) groups excluding carboxylic acids is 1. The summed E-state index contributed by atoms with van der Waals surface area (Å²) < 4.78 is 0. The highest BCUT2D eigenvalue weighted by molar-refractivity contribution is 6.01. The van der Waals surface area contributed by atoms with Crippen molar-refractivity contribution in [2.24, 2.45) is 46.3 Å². The Bertz CT molecular complexity index is 807. The minimum Gasteiger partial charge on any atom is -0.393 e. The van der Waals surface area contributed by atoms with Gasteiger partial charge in [-0.05, 0) is 91.6 Å². The molecule has 172 valence electrons. The predicted molar refractivity (Wildman–Crippen MR) is 125 cm³/mol. The molecule has 3 saturated carbocycles. The largest absolute Gasteiger partial charge is 0.393 e. The van der Waals surface area contributed by atoms with E-state index in [1.165, 1.54) is 37.7 Å². The second-order valence-corrected chi connectivity index (χ2v) is 11.9. The van der Waals surface area contributed by atoms with Gasteiger partial charge >= 0.3 is 0 Å². The van der Waals surface area contributed by atoms with Crippen LogP contribution in [0.25, 0.3) is 0 Å². The van der Waals surface area contributed by atoms with Crippen molar-refractivity contribution in [3.63, 3.8) is 0 Å². The first-order chi connectivity index (χ1) is 14.5. The molecule has 3 nitrogen and oxygen atoms in total. The molecule has 0 amide bonds. The average molecular weight is 427 g/mol. The van der Waals surface area contributed by atoms with E-state index in [2.05, 4.69) is 32.9 Å². The van der Waals surface area contributed by atoms with E-state index < -0.39 is 5.60 Å². The number of carbonyl (C=O) groups is 1. The van der Waals surface area contributed by atoms with Crippen LogP contribution < -0.4 is 0 Å². The molecule has 0 heterocycles. The topological polar surface area (TPSA) is 57.5 Å². The van der Waals surface area contributed by atoms with E-state index in [9.17, 15) is 15.0 Å². The van der Waals surface area contributed by atoms with E-state index in [-0.39, 0.29) is 23.7 Å². The Kier molecular flexibility index (Phi) is 5.92. The van der Waals surface area contributed by atoms with Gasteiger partial charge in [-0.25, -0.2) is 0 Å². The van der Waals surface area contributed by atoms with Crippen molar-refractivity contribution in [1.29, 1.82) is 0 Å². The van der Waals surface area contributed by atoms with E-state index >= 15 is 0 Å². The molecule has 3 fully saturated rings. The molecule has 0 aliphatic heterocycles. The van der Waals surface area contributed by atoms with Crippen LogP contribution in [0, 0.1) is 46.3 Å². The molecule has 0 spiro atoms. The number of fused-ring (bicyclic) bond motifs is 5. The zero-order valence-corrected chi connectivity index (χ0v) is 20.1. The molecule has 0 radical (unpaired) electrons. The maximum Gasteiger partial charge on any atom is 0.178 e. The van der Waals surface area contributed by atoms with Crippen LogP contribution in [0.1, 0.15) is 73.1 Å². The van der Waals surface area contributed by atoms with Gasteiger partial charge in [0.05, 0.1) is 6.61 Å². The molecule has 0 aromatic carbocycles. The summed E-state index contributed by atoms with van der Waals surface area (Å²) in [5.74, 6) is 3.31. The van der Waals surface area contributed by atoms with Crippen LogP contribution in [-0.4, -0.2) is 28.2 Å². The zero-order chi connectivity index (χ0) is 22.6. The molecule has 0 bridgehead atoms. The first-order valence-electron chi connectivity index (χ1n) is 12.5. The van der Waals surface area contributed by atoms with Gasteiger partial charge in [0, 0.05) is 5.41 Å². The van der Waals surface area contributed by atoms with E-state index in [1.54, 1.807) is 6.08 Å². The Hall–Kier alpha value is -1.19. The monoisotopic (exact) mass is 426 g/mol. The van der Waals surface area contributed by atoms with Crippen LogP contribution in [-0.2, 0) is 4.79 Å². The lowest BCUT2D eigenvalue weighted by atomic mass is 9.47. The Morgan fingerprint density at radius 3 is 2.58 bits per heavy atom. The Morgan fingerprint density at radius 1 is 1.16 bits per heavy atom. The molecule has 0 saturated heterocycles. The Labute approximate surface area is 188 Å². The highest BCUT2D eigenvalue weighted by atomic mass is 16.3. The second-order valence-electron chi connectivity index (χ2n) is 11.9. The summed E-state index contributed by atoms with van der Waals surface area (Å²) in [7, 11) is 0. The van der Waals surface area contributed by atoms with Gasteiger partial charge in [0.2, 0.25) is 0 Å². The van der Waals surface area contributed by atoms with Crippen molar-refractivity contribution in [3.05, 3.63) is 36.0 Å². The summed E-state index contributed by atoms with van der Waals surface area (Å²) in [4.78, 5) is 12.0. The van der Waals surface area contributed by atoms with E-state index in [0.717, 1.165) is 18.3 Å².